The van der Waals surface area contributed by atoms with Crippen molar-refractivity contribution in [1.82, 2.24) is 24.7 Å². The molecule has 2 amide bonds. The number of fused-ring (bicyclic) bond motifs is 1. The molecule has 27 heavy (non-hydrogen) atoms. The molecule has 8 heteroatoms. The van der Waals surface area contributed by atoms with Gasteiger partial charge in [0.1, 0.15) is 6.04 Å². The number of carbonyl (C=O) groups excluding carboxylic acids is 2. The summed E-state index contributed by atoms with van der Waals surface area (Å²) in [6.07, 6.45) is 3.49. The Morgan fingerprint density at radius 2 is 1.96 bits per heavy atom. The van der Waals surface area contributed by atoms with Gasteiger partial charge in [-0.2, -0.15) is 0 Å². The highest BCUT2D eigenvalue weighted by Crippen LogP contribution is 2.18. The molecular weight excluding hydrogens is 346 g/mol. The normalized spacial score (nSPS) is 20.3. The standard InChI is InChI=1S/C19H23N5O3/c1-22-12-21-15-10-13(4-5-14(15)18(22)26)17(25)24-9-6-20-11-16(24)19(27)23-7-2-3-8-23/h4-5,10,12,16,20H,2-3,6-9,11H2,1H3. The van der Waals surface area contributed by atoms with Crippen molar-refractivity contribution in [2.24, 2.45) is 7.05 Å². The van der Waals surface area contributed by atoms with Gasteiger partial charge in [0, 0.05) is 45.3 Å². The smallest absolute Gasteiger partial charge is 0.260 e. The van der Waals surface area contributed by atoms with Crippen LogP contribution in [0.25, 0.3) is 10.9 Å². The number of aryl methyl sites for hydroxylation is 1. The molecule has 1 N–H and O–H groups in total. The van der Waals surface area contributed by atoms with Gasteiger partial charge in [0.05, 0.1) is 17.2 Å². The Morgan fingerprint density at radius 3 is 2.74 bits per heavy atom. The number of nitrogens with zero attached hydrogens (tertiary/aromatic N) is 4. The van der Waals surface area contributed by atoms with Crippen molar-refractivity contribution in [2.45, 2.75) is 18.9 Å². The van der Waals surface area contributed by atoms with Gasteiger partial charge in [-0.3, -0.25) is 14.4 Å². The largest absolute Gasteiger partial charge is 0.341 e. The third kappa shape index (κ3) is 3.21. The lowest BCUT2D eigenvalue weighted by Crippen LogP contribution is -2.59. The van der Waals surface area contributed by atoms with Gasteiger partial charge >= 0.3 is 0 Å². The molecule has 1 unspecified atom stereocenters. The number of hydrogen-bond acceptors (Lipinski definition) is 5. The average molecular weight is 369 g/mol. The fourth-order valence-corrected chi connectivity index (χ4v) is 3.83. The van der Waals surface area contributed by atoms with Crippen LogP contribution in [0, 0.1) is 0 Å². The van der Waals surface area contributed by atoms with Crippen molar-refractivity contribution in [3.8, 4) is 0 Å². The second-order valence-corrected chi connectivity index (χ2v) is 7.14. The van der Waals surface area contributed by atoms with E-state index in [4.69, 9.17) is 0 Å². The second-order valence-electron chi connectivity index (χ2n) is 7.14. The Balaban J connectivity index is 1.63. The molecule has 1 aromatic carbocycles. The van der Waals surface area contributed by atoms with Gasteiger partial charge in [-0.05, 0) is 31.0 Å². The van der Waals surface area contributed by atoms with Crippen molar-refractivity contribution >= 4 is 22.7 Å². The molecule has 0 bridgehead atoms. The van der Waals surface area contributed by atoms with Crippen molar-refractivity contribution < 1.29 is 9.59 Å². The number of benzene rings is 1. The molecule has 2 saturated heterocycles. The summed E-state index contributed by atoms with van der Waals surface area (Å²) in [5.74, 6) is -0.181. The summed E-state index contributed by atoms with van der Waals surface area (Å²) in [5.41, 5.74) is 0.786. The van der Waals surface area contributed by atoms with Crippen LogP contribution in [0.5, 0.6) is 0 Å². The number of rotatable bonds is 2. The van der Waals surface area contributed by atoms with E-state index in [1.54, 1.807) is 30.1 Å². The van der Waals surface area contributed by atoms with E-state index in [2.05, 4.69) is 10.3 Å². The van der Waals surface area contributed by atoms with Gasteiger partial charge in [-0.1, -0.05) is 0 Å². The molecule has 2 aliphatic rings. The number of piperazine rings is 1. The summed E-state index contributed by atoms with van der Waals surface area (Å²) in [6, 6.07) is 4.43. The van der Waals surface area contributed by atoms with Gasteiger partial charge < -0.3 is 19.7 Å². The van der Waals surface area contributed by atoms with E-state index >= 15 is 0 Å². The zero-order valence-electron chi connectivity index (χ0n) is 15.4. The van der Waals surface area contributed by atoms with Crippen LogP contribution in [0.4, 0.5) is 0 Å². The molecule has 1 atom stereocenters. The van der Waals surface area contributed by atoms with Crippen LogP contribution >= 0.6 is 0 Å². The Labute approximate surface area is 156 Å². The molecule has 0 radical (unpaired) electrons. The molecule has 2 aliphatic heterocycles. The number of carbonyl (C=O) groups is 2. The molecule has 2 fully saturated rings. The van der Waals surface area contributed by atoms with E-state index in [0.717, 1.165) is 25.9 Å². The average Bonchev–Trinajstić information content (AvgIpc) is 3.24. The first-order chi connectivity index (χ1) is 13.1. The van der Waals surface area contributed by atoms with Crippen molar-refractivity contribution in [3.63, 3.8) is 0 Å². The van der Waals surface area contributed by atoms with Crippen molar-refractivity contribution in [2.75, 3.05) is 32.7 Å². The van der Waals surface area contributed by atoms with E-state index in [9.17, 15) is 14.4 Å². The lowest BCUT2D eigenvalue weighted by molar-refractivity contribution is -0.135. The molecule has 0 spiro atoms. The Kier molecular flexibility index (Phi) is 4.65. The Morgan fingerprint density at radius 1 is 1.19 bits per heavy atom. The molecular formula is C19H23N5O3. The molecule has 0 saturated carbocycles. The number of hydrogen-bond donors (Lipinski definition) is 1. The van der Waals surface area contributed by atoms with E-state index in [0.29, 0.717) is 36.1 Å². The zero-order valence-corrected chi connectivity index (χ0v) is 15.4. The second kappa shape index (κ2) is 7.11. The fourth-order valence-electron chi connectivity index (χ4n) is 3.83. The van der Waals surface area contributed by atoms with E-state index in [1.165, 1.54) is 10.9 Å². The quantitative estimate of drug-likeness (QED) is 0.803. The molecule has 4 rings (SSSR count). The number of amides is 2. The summed E-state index contributed by atoms with van der Waals surface area (Å²) in [6.45, 7) is 3.13. The minimum Gasteiger partial charge on any atom is -0.341 e. The maximum absolute atomic E-state index is 13.1. The SMILES string of the molecule is Cn1cnc2cc(C(=O)N3CCNCC3C(=O)N3CCCC3)ccc2c1=O. The van der Waals surface area contributed by atoms with E-state index < -0.39 is 6.04 Å². The van der Waals surface area contributed by atoms with Crippen molar-refractivity contribution in [3.05, 3.63) is 40.4 Å². The third-order valence-corrected chi connectivity index (χ3v) is 5.37. The van der Waals surface area contributed by atoms with Gasteiger partial charge in [-0.15, -0.1) is 0 Å². The van der Waals surface area contributed by atoms with Crippen LogP contribution < -0.4 is 10.9 Å². The predicted octanol–water partition coefficient (Wildman–Crippen LogP) is -0.0301. The lowest BCUT2D eigenvalue weighted by Gasteiger charge is -2.37. The maximum atomic E-state index is 13.1. The highest BCUT2D eigenvalue weighted by molar-refractivity contribution is 6.00. The predicted molar refractivity (Wildman–Crippen MR) is 100 cm³/mol. The highest BCUT2D eigenvalue weighted by Gasteiger charge is 2.36. The summed E-state index contributed by atoms with van der Waals surface area (Å²) < 4.78 is 1.41. The summed E-state index contributed by atoms with van der Waals surface area (Å²) >= 11 is 0. The summed E-state index contributed by atoms with van der Waals surface area (Å²) in [7, 11) is 1.64. The molecule has 8 nitrogen and oxygen atoms in total. The maximum Gasteiger partial charge on any atom is 0.260 e. The Bertz CT molecular complexity index is 948. The first kappa shape index (κ1) is 17.7. The molecule has 0 aliphatic carbocycles. The van der Waals surface area contributed by atoms with Crippen LogP contribution in [-0.4, -0.2) is 69.9 Å². The van der Waals surface area contributed by atoms with Gasteiger partial charge in [0.25, 0.3) is 11.5 Å². The summed E-state index contributed by atoms with van der Waals surface area (Å²) in [4.78, 5) is 45.9. The third-order valence-electron chi connectivity index (χ3n) is 5.37. The van der Waals surface area contributed by atoms with Gasteiger partial charge in [0.15, 0.2) is 0 Å². The molecule has 2 aromatic rings. The molecule has 142 valence electrons. The van der Waals surface area contributed by atoms with Crippen LogP contribution in [0.15, 0.2) is 29.3 Å². The lowest BCUT2D eigenvalue weighted by atomic mass is 10.1. The van der Waals surface area contributed by atoms with E-state index in [-0.39, 0.29) is 17.4 Å². The van der Waals surface area contributed by atoms with E-state index in [1.807, 2.05) is 4.90 Å². The van der Waals surface area contributed by atoms with Crippen LogP contribution in [0.3, 0.4) is 0 Å². The van der Waals surface area contributed by atoms with Gasteiger partial charge in [-0.25, -0.2) is 4.98 Å². The molecule has 1 aromatic heterocycles. The first-order valence-electron chi connectivity index (χ1n) is 9.32. The van der Waals surface area contributed by atoms with Gasteiger partial charge in [0.2, 0.25) is 5.91 Å². The minimum atomic E-state index is -0.489. The van der Waals surface area contributed by atoms with Crippen LogP contribution in [0.2, 0.25) is 0 Å². The minimum absolute atomic E-state index is 0.0147. The van der Waals surface area contributed by atoms with Crippen LogP contribution in [0.1, 0.15) is 23.2 Å². The number of likely N-dealkylation sites (tertiary alicyclic amines) is 1. The first-order valence-corrected chi connectivity index (χ1v) is 9.32. The number of nitrogens with one attached hydrogen (secondary N) is 1. The highest BCUT2D eigenvalue weighted by atomic mass is 16.2. The molecule has 3 heterocycles. The fraction of sp³-hybridized carbons (Fsp3) is 0.474. The topological polar surface area (TPSA) is 87.5 Å². The Hall–Kier alpha value is -2.74. The van der Waals surface area contributed by atoms with Crippen molar-refractivity contribution in [1.29, 1.82) is 0 Å². The monoisotopic (exact) mass is 369 g/mol. The zero-order chi connectivity index (χ0) is 19.0. The summed E-state index contributed by atoms with van der Waals surface area (Å²) in [5, 5.41) is 3.69. The number of aromatic nitrogens is 2. The van der Waals surface area contributed by atoms with Crippen LogP contribution in [-0.2, 0) is 11.8 Å².